The molecule has 0 radical (unpaired) electrons. The van der Waals surface area contributed by atoms with Crippen LogP contribution in [0.15, 0.2) is 12.1 Å². The van der Waals surface area contributed by atoms with Crippen LogP contribution in [0.5, 0.6) is 5.75 Å². The SMILES string of the molecule is CCN(C)CCc1cc(C)c(O)cc1C. The molecule has 0 bridgehead atoms. The number of aromatic hydroxyl groups is 1. The fraction of sp³-hybridized carbons (Fsp3) is 0.538. The normalized spacial score (nSPS) is 11.0. The Kier molecular flexibility index (Phi) is 4.15. The van der Waals surface area contributed by atoms with E-state index in [9.17, 15) is 5.11 Å². The van der Waals surface area contributed by atoms with Crippen molar-refractivity contribution in [2.24, 2.45) is 0 Å². The summed E-state index contributed by atoms with van der Waals surface area (Å²) in [6.07, 6.45) is 1.05. The van der Waals surface area contributed by atoms with Crippen LogP contribution in [-0.4, -0.2) is 30.1 Å². The van der Waals surface area contributed by atoms with Crippen LogP contribution in [0.1, 0.15) is 23.6 Å². The Balaban J connectivity index is 2.73. The van der Waals surface area contributed by atoms with Crippen LogP contribution in [0, 0.1) is 13.8 Å². The van der Waals surface area contributed by atoms with Gasteiger partial charge in [0, 0.05) is 6.54 Å². The van der Waals surface area contributed by atoms with Crippen LogP contribution in [0.25, 0.3) is 0 Å². The fourth-order valence-corrected chi connectivity index (χ4v) is 1.60. The Bertz CT molecular complexity index is 334. The third-order valence-electron chi connectivity index (χ3n) is 2.96. The second kappa shape index (κ2) is 5.17. The molecule has 1 aromatic carbocycles. The van der Waals surface area contributed by atoms with Gasteiger partial charge in [-0.3, -0.25) is 0 Å². The summed E-state index contributed by atoms with van der Waals surface area (Å²) < 4.78 is 0. The third kappa shape index (κ3) is 3.24. The summed E-state index contributed by atoms with van der Waals surface area (Å²) in [5.41, 5.74) is 3.49. The molecule has 0 amide bonds. The largest absolute Gasteiger partial charge is 0.508 e. The van der Waals surface area contributed by atoms with Gasteiger partial charge in [0.1, 0.15) is 5.75 Å². The molecule has 0 saturated carbocycles. The van der Waals surface area contributed by atoms with E-state index in [1.807, 2.05) is 13.0 Å². The maximum Gasteiger partial charge on any atom is 0.118 e. The predicted molar refractivity (Wildman–Crippen MR) is 64.5 cm³/mol. The van der Waals surface area contributed by atoms with Gasteiger partial charge in [-0.1, -0.05) is 13.0 Å². The van der Waals surface area contributed by atoms with E-state index in [2.05, 4.69) is 31.9 Å². The molecule has 1 aromatic rings. The molecule has 0 aromatic heterocycles. The number of nitrogens with zero attached hydrogens (tertiary/aromatic N) is 1. The minimum absolute atomic E-state index is 0.403. The third-order valence-corrected chi connectivity index (χ3v) is 2.96. The molecule has 2 nitrogen and oxygen atoms in total. The number of hydrogen-bond acceptors (Lipinski definition) is 2. The quantitative estimate of drug-likeness (QED) is 0.820. The number of phenolic OH excluding ortho intramolecular Hbond substituents is 1. The molecule has 0 unspecified atom stereocenters. The maximum atomic E-state index is 9.54. The van der Waals surface area contributed by atoms with Gasteiger partial charge in [-0.25, -0.2) is 0 Å². The lowest BCUT2D eigenvalue weighted by molar-refractivity contribution is 0.357. The van der Waals surface area contributed by atoms with Gasteiger partial charge in [-0.15, -0.1) is 0 Å². The molecule has 0 spiro atoms. The van der Waals surface area contributed by atoms with E-state index in [1.165, 1.54) is 11.1 Å². The monoisotopic (exact) mass is 207 g/mol. The van der Waals surface area contributed by atoms with Gasteiger partial charge < -0.3 is 10.0 Å². The minimum atomic E-state index is 0.403. The van der Waals surface area contributed by atoms with Crippen molar-refractivity contribution in [1.82, 2.24) is 4.90 Å². The van der Waals surface area contributed by atoms with Crippen LogP contribution >= 0.6 is 0 Å². The summed E-state index contributed by atoms with van der Waals surface area (Å²) in [5.74, 6) is 0.403. The second-order valence-electron chi connectivity index (χ2n) is 4.21. The van der Waals surface area contributed by atoms with Gasteiger partial charge in [0.15, 0.2) is 0 Å². The molecule has 2 heteroatoms. The summed E-state index contributed by atoms with van der Waals surface area (Å²) in [6, 6.07) is 3.95. The molecule has 1 N–H and O–H groups in total. The van der Waals surface area contributed by atoms with Gasteiger partial charge in [0.05, 0.1) is 0 Å². The first-order valence-corrected chi connectivity index (χ1v) is 5.52. The molecular weight excluding hydrogens is 186 g/mol. The highest BCUT2D eigenvalue weighted by molar-refractivity contribution is 5.40. The lowest BCUT2D eigenvalue weighted by atomic mass is 10.0. The van der Waals surface area contributed by atoms with Gasteiger partial charge in [0.25, 0.3) is 0 Å². The van der Waals surface area contributed by atoms with Crippen LogP contribution < -0.4 is 0 Å². The summed E-state index contributed by atoms with van der Waals surface area (Å²) in [7, 11) is 2.13. The predicted octanol–water partition coefficient (Wildman–Crippen LogP) is 2.50. The topological polar surface area (TPSA) is 23.5 Å². The molecule has 0 saturated heterocycles. The molecule has 0 aliphatic rings. The fourth-order valence-electron chi connectivity index (χ4n) is 1.60. The minimum Gasteiger partial charge on any atom is -0.508 e. The average Bonchev–Trinajstić information content (AvgIpc) is 2.21. The molecule has 0 fully saturated rings. The van der Waals surface area contributed by atoms with E-state index in [0.717, 1.165) is 25.1 Å². The highest BCUT2D eigenvalue weighted by atomic mass is 16.3. The van der Waals surface area contributed by atoms with Gasteiger partial charge in [-0.2, -0.15) is 0 Å². The van der Waals surface area contributed by atoms with Crippen molar-refractivity contribution >= 4 is 0 Å². The first kappa shape index (κ1) is 12.1. The summed E-state index contributed by atoms with van der Waals surface area (Å²) >= 11 is 0. The van der Waals surface area contributed by atoms with E-state index in [4.69, 9.17) is 0 Å². The van der Waals surface area contributed by atoms with Gasteiger partial charge >= 0.3 is 0 Å². The van der Waals surface area contributed by atoms with Crippen molar-refractivity contribution in [2.45, 2.75) is 27.2 Å². The van der Waals surface area contributed by atoms with Crippen molar-refractivity contribution in [2.75, 3.05) is 20.1 Å². The Morgan fingerprint density at radius 2 is 1.87 bits per heavy atom. The maximum absolute atomic E-state index is 9.54. The zero-order chi connectivity index (χ0) is 11.4. The lowest BCUT2D eigenvalue weighted by Gasteiger charge is -2.15. The molecule has 84 valence electrons. The van der Waals surface area contributed by atoms with Crippen molar-refractivity contribution in [3.05, 3.63) is 28.8 Å². The molecule has 1 rings (SSSR count). The Morgan fingerprint density at radius 1 is 1.20 bits per heavy atom. The first-order chi connectivity index (χ1) is 7.04. The van der Waals surface area contributed by atoms with Crippen LogP contribution in [0.2, 0.25) is 0 Å². The Hall–Kier alpha value is -1.02. The van der Waals surface area contributed by atoms with Crippen molar-refractivity contribution < 1.29 is 5.11 Å². The van der Waals surface area contributed by atoms with Crippen molar-refractivity contribution in [3.8, 4) is 5.75 Å². The summed E-state index contributed by atoms with van der Waals surface area (Å²) in [4.78, 5) is 2.29. The second-order valence-corrected chi connectivity index (χ2v) is 4.21. The van der Waals surface area contributed by atoms with Gasteiger partial charge in [0.2, 0.25) is 0 Å². The Labute approximate surface area is 92.5 Å². The standard InChI is InChI=1S/C13H21NO/c1-5-14(4)7-6-12-8-11(3)13(15)9-10(12)2/h8-9,15H,5-7H2,1-4H3. The lowest BCUT2D eigenvalue weighted by Crippen LogP contribution is -2.20. The highest BCUT2D eigenvalue weighted by Gasteiger charge is 2.04. The zero-order valence-electron chi connectivity index (χ0n) is 10.2. The van der Waals surface area contributed by atoms with Crippen LogP contribution in [-0.2, 0) is 6.42 Å². The summed E-state index contributed by atoms with van der Waals surface area (Å²) in [6.45, 7) is 8.31. The van der Waals surface area contributed by atoms with Crippen LogP contribution in [0.4, 0.5) is 0 Å². The first-order valence-electron chi connectivity index (χ1n) is 5.52. The Morgan fingerprint density at radius 3 is 2.47 bits per heavy atom. The molecule has 0 atom stereocenters. The summed E-state index contributed by atoms with van der Waals surface area (Å²) in [5, 5.41) is 9.54. The number of phenols is 1. The smallest absolute Gasteiger partial charge is 0.118 e. The number of hydrogen-bond donors (Lipinski definition) is 1. The average molecular weight is 207 g/mol. The van der Waals surface area contributed by atoms with E-state index >= 15 is 0 Å². The molecule has 0 aliphatic carbocycles. The number of aryl methyl sites for hydroxylation is 2. The van der Waals surface area contributed by atoms with Gasteiger partial charge in [-0.05, 0) is 56.6 Å². The number of rotatable bonds is 4. The number of benzene rings is 1. The van der Waals surface area contributed by atoms with E-state index in [1.54, 1.807) is 0 Å². The molecule has 15 heavy (non-hydrogen) atoms. The number of likely N-dealkylation sites (N-methyl/N-ethyl adjacent to an activating group) is 1. The zero-order valence-corrected chi connectivity index (χ0v) is 10.2. The molecule has 0 aliphatic heterocycles. The molecular formula is C13H21NO. The van der Waals surface area contributed by atoms with E-state index in [-0.39, 0.29) is 0 Å². The van der Waals surface area contributed by atoms with Crippen LogP contribution in [0.3, 0.4) is 0 Å². The van der Waals surface area contributed by atoms with Crippen molar-refractivity contribution in [3.63, 3.8) is 0 Å². The van der Waals surface area contributed by atoms with Crippen molar-refractivity contribution in [1.29, 1.82) is 0 Å². The van der Waals surface area contributed by atoms with E-state index in [0.29, 0.717) is 5.75 Å². The van der Waals surface area contributed by atoms with E-state index < -0.39 is 0 Å². The molecule has 0 heterocycles. The highest BCUT2D eigenvalue weighted by Crippen LogP contribution is 2.21.